The minimum Gasteiger partial charge on any atom is -0.465 e. The topological polar surface area (TPSA) is 69.7 Å². The number of halogens is 4. The number of benzene rings is 2. The van der Waals surface area contributed by atoms with Gasteiger partial charge in [0.05, 0.1) is 36.3 Å². The van der Waals surface area contributed by atoms with E-state index in [0.717, 1.165) is 16.7 Å². The molecule has 0 N–H and O–H groups in total. The number of esters is 1. The van der Waals surface area contributed by atoms with E-state index in [1.165, 1.54) is 7.11 Å². The molecule has 2 aromatic rings. The summed E-state index contributed by atoms with van der Waals surface area (Å²) in [6.07, 6.45) is -4.46. The first-order chi connectivity index (χ1) is 16.1. The predicted octanol–water partition coefficient (Wildman–Crippen LogP) is 5.32. The lowest BCUT2D eigenvalue weighted by Gasteiger charge is -2.40. The van der Waals surface area contributed by atoms with Crippen molar-refractivity contribution in [3.8, 4) is 11.1 Å². The summed E-state index contributed by atoms with van der Waals surface area (Å²) in [5.74, 6) is -2.98. The average molecular weight is 495 g/mol. The third kappa shape index (κ3) is 4.49. The van der Waals surface area contributed by atoms with Crippen molar-refractivity contribution in [3.05, 3.63) is 58.1 Å². The zero-order valence-electron chi connectivity index (χ0n) is 18.3. The van der Waals surface area contributed by atoms with Gasteiger partial charge in [-0.05, 0) is 47.1 Å². The van der Waals surface area contributed by atoms with Gasteiger partial charge in [0, 0.05) is 12.8 Å². The highest BCUT2D eigenvalue weighted by Gasteiger charge is 2.52. The van der Waals surface area contributed by atoms with Gasteiger partial charge in [-0.15, -0.1) is 0 Å². The maximum absolute atomic E-state index is 13.0. The van der Waals surface area contributed by atoms with Gasteiger partial charge >= 0.3 is 12.1 Å². The highest BCUT2D eigenvalue weighted by molar-refractivity contribution is 6.34. The fraction of sp³-hybridized carbons (Fsp3) is 0.400. The van der Waals surface area contributed by atoms with E-state index < -0.39 is 29.8 Å². The van der Waals surface area contributed by atoms with E-state index in [0.29, 0.717) is 18.4 Å². The van der Waals surface area contributed by atoms with Crippen molar-refractivity contribution in [2.75, 3.05) is 20.3 Å². The summed E-state index contributed by atoms with van der Waals surface area (Å²) >= 11 is 6.23. The molecule has 0 spiro atoms. The minimum atomic E-state index is -4.97. The Hall–Kier alpha value is -2.71. The van der Waals surface area contributed by atoms with E-state index in [1.54, 1.807) is 18.2 Å². The monoisotopic (exact) mass is 494 g/mol. The molecule has 1 fully saturated rings. The molecule has 34 heavy (non-hydrogen) atoms. The summed E-state index contributed by atoms with van der Waals surface area (Å²) in [6, 6.07) is 10.8. The molecule has 0 saturated carbocycles. The Kier molecular flexibility index (Phi) is 6.57. The second kappa shape index (κ2) is 9.15. The number of hydrogen-bond donors (Lipinski definition) is 0. The van der Waals surface area contributed by atoms with Crippen LogP contribution >= 0.6 is 11.6 Å². The van der Waals surface area contributed by atoms with Gasteiger partial charge < -0.3 is 9.47 Å². The second-order valence-corrected chi connectivity index (χ2v) is 9.21. The van der Waals surface area contributed by atoms with Crippen LogP contribution in [0.4, 0.5) is 13.2 Å². The van der Waals surface area contributed by atoms with Crippen LogP contribution in [0.2, 0.25) is 5.02 Å². The summed E-state index contributed by atoms with van der Waals surface area (Å²) in [4.78, 5) is 36.8. The lowest BCUT2D eigenvalue weighted by atomic mass is 9.73. The van der Waals surface area contributed by atoms with E-state index in [2.05, 4.69) is 0 Å². The normalized spacial score (nSPS) is 18.7. The Balaban J connectivity index is 1.55. The number of aryl methyl sites for hydroxylation is 1. The number of ketones is 2. The largest absolute Gasteiger partial charge is 0.465 e. The standard InChI is InChI=1S/C25H22ClF3O5/c1-33-23(32)22-18(3-2-4-19(22)26)15-7-8-17-14(9-15)5-6-16(17)10-20(30)24(12-34-13-24)11-21(31)25(27,28)29/h2-4,7-9,16H,5-6,10-13H2,1H3/t16-/m1/s1. The molecule has 0 unspecified atom stereocenters. The molecule has 1 aliphatic carbocycles. The van der Waals surface area contributed by atoms with Gasteiger partial charge in [0.1, 0.15) is 5.78 Å². The maximum atomic E-state index is 13.0. The van der Waals surface area contributed by atoms with Crippen LogP contribution in [0.25, 0.3) is 11.1 Å². The molecular weight excluding hydrogens is 473 g/mol. The number of Topliss-reactive ketones (excluding diaryl/α,β-unsaturated/α-hetero) is 2. The Morgan fingerprint density at radius 3 is 2.53 bits per heavy atom. The number of methoxy groups -OCH3 is 1. The first-order valence-electron chi connectivity index (χ1n) is 10.8. The van der Waals surface area contributed by atoms with Crippen LogP contribution in [0.15, 0.2) is 36.4 Å². The first-order valence-corrected chi connectivity index (χ1v) is 11.1. The SMILES string of the molecule is COC(=O)c1c(Cl)cccc1-c1ccc2c(c1)CC[C@@H]2CC(=O)C1(CC(=O)C(F)(F)F)COC1. The molecule has 180 valence electrons. The van der Waals surface area contributed by atoms with Gasteiger partial charge in [0.15, 0.2) is 0 Å². The van der Waals surface area contributed by atoms with Crippen molar-refractivity contribution >= 4 is 29.1 Å². The predicted molar refractivity (Wildman–Crippen MR) is 118 cm³/mol. The van der Waals surface area contributed by atoms with Crippen LogP contribution in [0, 0.1) is 5.41 Å². The van der Waals surface area contributed by atoms with E-state index in [9.17, 15) is 27.6 Å². The minimum absolute atomic E-state index is 0.0470. The third-order valence-electron chi connectivity index (χ3n) is 6.65. The zero-order valence-corrected chi connectivity index (χ0v) is 19.1. The van der Waals surface area contributed by atoms with E-state index in [1.807, 2.05) is 18.2 Å². The van der Waals surface area contributed by atoms with Crippen molar-refractivity contribution in [2.24, 2.45) is 5.41 Å². The number of carbonyl (C=O) groups excluding carboxylic acids is 3. The van der Waals surface area contributed by atoms with E-state index in [-0.39, 0.29) is 41.9 Å². The summed E-state index contributed by atoms with van der Waals surface area (Å²) in [7, 11) is 1.28. The molecule has 4 rings (SSSR count). The highest BCUT2D eigenvalue weighted by atomic mass is 35.5. The number of carbonyl (C=O) groups is 3. The molecular formula is C25H22ClF3O5. The molecule has 0 amide bonds. The summed E-state index contributed by atoms with van der Waals surface area (Å²) in [5.41, 5.74) is 2.20. The van der Waals surface area contributed by atoms with Gasteiger partial charge in [-0.2, -0.15) is 13.2 Å². The Bertz CT molecular complexity index is 1150. The maximum Gasteiger partial charge on any atom is 0.450 e. The molecule has 5 nitrogen and oxygen atoms in total. The van der Waals surface area contributed by atoms with Crippen molar-refractivity contribution in [1.82, 2.24) is 0 Å². The molecule has 1 aliphatic heterocycles. The van der Waals surface area contributed by atoms with Crippen LogP contribution in [0.3, 0.4) is 0 Å². The van der Waals surface area contributed by atoms with Crippen LogP contribution in [-0.2, 0) is 25.5 Å². The van der Waals surface area contributed by atoms with Crippen molar-refractivity contribution < 1.29 is 37.0 Å². The van der Waals surface area contributed by atoms with Gasteiger partial charge in [0.2, 0.25) is 5.78 Å². The highest BCUT2D eigenvalue weighted by Crippen LogP contribution is 2.43. The van der Waals surface area contributed by atoms with Gasteiger partial charge in [-0.1, -0.05) is 41.9 Å². The van der Waals surface area contributed by atoms with Crippen molar-refractivity contribution in [1.29, 1.82) is 0 Å². The molecule has 1 heterocycles. The lowest BCUT2D eigenvalue weighted by molar-refractivity contribution is -0.186. The number of hydrogen-bond acceptors (Lipinski definition) is 5. The van der Waals surface area contributed by atoms with Crippen LogP contribution in [0.1, 0.15) is 46.7 Å². The second-order valence-electron chi connectivity index (χ2n) is 8.80. The summed E-state index contributed by atoms with van der Waals surface area (Å²) < 4.78 is 48.2. The average Bonchev–Trinajstić information content (AvgIpc) is 3.16. The summed E-state index contributed by atoms with van der Waals surface area (Å²) in [6.45, 7) is -0.339. The van der Waals surface area contributed by atoms with Crippen LogP contribution in [0.5, 0.6) is 0 Å². The molecule has 1 atom stereocenters. The molecule has 0 bridgehead atoms. The third-order valence-corrected chi connectivity index (χ3v) is 6.97. The molecule has 2 aliphatic rings. The smallest absolute Gasteiger partial charge is 0.450 e. The first kappa shape index (κ1) is 24.4. The molecule has 0 aromatic heterocycles. The van der Waals surface area contributed by atoms with E-state index in [4.69, 9.17) is 21.1 Å². The summed E-state index contributed by atoms with van der Waals surface area (Å²) in [5, 5.41) is 0.273. The quantitative estimate of drug-likeness (QED) is 0.487. The molecule has 9 heteroatoms. The molecule has 1 saturated heterocycles. The molecule has 0 radical (unpaired) electrons. The number of fused-ring (bicyclic) bond motifs is 1. The van der Waals surface area contributed by atoms with Gasteiger partial charge in [-0.3, -0.25) is 9.59 Å². The Labute approximate surface area is 199 Å². The number of alkyl halides is 3. The fourth-order valence-corrected chi connectivity index (χ4v) is 4.97. The fourth-order valence-electron chi connectivity index (χ4n) is 4.72. The van der Waals surface area contributed by atoms with Crippen LogP contribution < -0.4 is 0 Å². The zero-order chi connectivity index (χ0) is 24.7. The van der Waals surface area contributed by atoms with Crippen LogP contribution in [-0.4, -0.2) is 44.0 Å². The number of rotatable bonds is 7. The Morgan fingerprint density at radius 2 is 1.91 bits per heavy atom. The van der Waals surface area contributed by atoms with Crippen molar-refractivity contribution in [3.63, 3.8) is 0 Å². The van der Waals surface area contributed by atoms with E-state index >= 15 is 0 Å². The Morgan fingerprint density at radius 1 is 1.18 bits per heavy atom. The lowest BCUT2D eigenvalue weighted by Crippen LogP contribution is -2.52. The van der Waals surface area contributed by atoms with Gasteiger partial charge in [-0.25, -0.2) is 4.79 Å². The molecule has 2 aromatic carbocycles. The van der Waals surface area contributed by atoms with Gasteiger partial charge in [0.25, 0.3) is 0 Å². The van der Waals surface area contributed by atoms with Crippen molar-refractivity contribution in [2.45, 2.75) is 37.8 Å². The number of ether oxygens (including phenoxy) is 2.